The lowest BCUT2D eigenvalue weighted by Gasteiger charge is -2.31. The summed E-state index contributed by atoms with van der Waals surface area (Å²) < 4.78 is 5.24. The number of hydrogen-bond donors (Lipinski definition) is 3. The lowest BCUT2D eigenvalue weighted by molar-refractivity contribution is 0.288. The van der Waals surface area contributed by atoms with Crippen LogP contribution in [0.1, 0.15) is 25.8 Å². The van der Waals surface area contributed by atoms with E-state index < -0.39 is 0 Å². The monoisotopic (exact) mass is 281 g/mol. The normalized spacial score (nSPS) is 11.8. The van der Waals surface area contributed by atoms with Crippen molar-refractivity contribution in [1.29, 1.82) is 0 Å². The second-order valence-electron chi connectivity index (χ2n) is 4.73. The highest BCUT2D eigenvalue weighted by molar-refractivity contribution is 6.02. The average molecular weight is 281 g/mol. The summed E-state index contributed by atoms with van der Waals surface area (Å²) in [5, 5.41) is 21.0. The Labute approximate surface area is 119 Å². The number of hydrogen-bond acceptors (Lipinski definition) is 5. The second-order valence-corrected chi connectivity index (χ2v) is 4.73. The summed E-state index contributed by atoms with van der Waals surface area (Å²) in [5.74, 6) is 0.751. The van der Waals surface area contributed by atoms with Crippen molar-refractivity contribution in [2.24, 2.45) is 10.9 Å². The number of aliphatic hydroxyl groups is 1. The molecular weight excluding hydrogens is 258 g/mol. The summed E-state index contributed by atoms with van der Waals surface area (Å²) in [7, 11) is 1.59. The number of benzene rings is 1. The molecule has 112 valence electrons. The molecule has 20 heavy (non-hydrogen) atoms. The van der Waals surface area contributed by atoms with Gasteiger partial charge in [0.05, 0.1) is 12.8 Å². The van der Waals surface area contributed by atoms with Gasteiger partial charge in [0.25, 0.3) is 0 Å². The number of oxime groups is 1. The van der Waals surface area contributed by atoms with Crippen molar-refractivity contribution >= 4 is 11.5 Å². The molecule has 0 aliphatic heterocycles. The fourth-order valence-corrected chi connectivity index (χ4v) is 2.04. The maximum absolute atomic E-state index is 9.03. The van der Waals surface area contributed by atoms with Crippen molar-refractivity contribution in [3.63, 3.8) is 0 Å². The Morgan fingerprint density at radius 3 is 2.65 bits per heavy atom. The highest BCUT2D eigenvalue weighted by Crippen LogP contribution is 2.28. The molecule has 0 radical (unpaired) electrons. The van der Waals surface area contributed by atoms with Crippen LogP contribution in [0, 0.1) is 0 Å². The Balaban J connectivity index is 3.27. The van der Waals surface area contributed by atoms with Crippen molar-refractivity contribution in [1.82, 2.24) is 0 Å². The first-order chi connectivity index (χ1) is 9.54. The Kier molecular flexibility index (Phi) is 6.11. The van der Waals surface area contributed by atoms with Gasteiger partial charge in [-0.25, -0.2) is 0 Å². The minimum Gasteiger partial charge on any atom is -0.497 e. The molecular formula is C14H23N3O3. The van der Waals surface area contributed by atoms with Gasteiger partial charge in [-0.1, -0.05) is 5.16 Å². The Morgan fingerprint density at radius 1 is 1.45 bits per heavy atom. The highest BCUT2D eigenvalue weighted by atomic mass is 16.5. The molecule has 0 saturated carbocycles. The zero-order chi connectivity index (χ0) is 15.1. The number of ether oxygens (including phenoxy) is 1. The average Bonchev–Trinajstić information content (AvgIpc) is 2.46. The molecule has 0 aliphatic rings. The molecule has 0 bridgehead atoms. The van der Waals surface area contributed by atoms with Crippen LogP contribution in [-0.2, 0) is 0 Å². The lowest BCUT2D eigenvalue weighted by atomic mass is 10.1. The molecule has 6 heteroatoms. The molecule has 0 heterocycles. The summed E-state index contributed by atoms with van der Waals surface area (Å²) in [6.45, 7) is 4.89. The van der Waals surface area contributed by atoms with E-state index in [0.717, 1.165) is 5.69 Å². The van der Waals surface area contributed by atoms with Crippen molar-refractivity contribution < 1.29 is 15.1 Å². The van der Waals surface area contributed by atoms with Crippen molar-refractivity contribution in [2.45, 2.75) is 26.3 Å². The van der Waals surface area contributed by atoms with E-state index in [1.165, 1.54) is 0 Å². The number of methoxy groups -OCH3 is 1. The first kappa shape index (κ1) is 16.1. The number of nitrogens with two attached hydrogens (primary N) is 1. The van der Waals surface area contributed by atoms with Crippen molar-refractivity contribution in [3.8, 4) is 5.75 Å². The number of aliphatic hydroxyl groups excluding tert-OH is 1. The van der Waals surface area contributed by atoms with Crippen LogP contribution in [0.2, 0.25) is 0 Å². The standard InChI is InChI=1S/C14H23N3O3/c1-10(2)17(7-4-8-18)13-9-11(20-3)5-6-12(13)14(15)16-19/h5-6,9-10,18-19H,4,7-8H2,1-3H3,(H2,15,16). The van der Waals surface area contributed by atoms with E-state index in [1.54, 1.807) is 19.2 Å². The van der Waals surface area contributed by atoms with E-state index in [9.17, 15) is 0 Å². The van der Waals surface area contributed by atoms with E-state index in [0.29, 0.717) is 24.3 Å². The molecule has 0 aromatic heterocycles. The molecule has 6 nitrogen and oxygen atoms in total. The van der Waals surface area contributed by atoms with Gasteiger partial charge in [-0.3, -0.25) is 0 Å². The van der Waals surface area contributed by atoms with Crippen LogP contribution in [0.4, 0.5) is 5.69 Å². The number of rotatable bonds is 7. The number of nitrogens with zero attached hydrogens (tertiary/aromatic N) is 2. The van der Waals surface area contributed by atoms with Crippen molar-refractivity contribution in [3.05, 3.63) is 23.8 Å². The van der Waals surface area contributed by atoms with Gasteiger partial charge in [0.1, 0.15) is 5.75 Å². The van der Waals surface area contributed by atoms with Gasteiger partial charge in [0.15, 0.2) is 5.84 Å². The van der Waals surface area contributed by atoms with Gasteiger partial charge in [-0.15, -0.1) is 0 Å². The van der Waals surface area contributed by atoms with E-state index in [2.05, 4.69) is 10.1 Å². The van der Waals surface area contributed by atoms with E-state index in [-0.39, 0.29) is 18.5 Å². The smallest absolute Gasteiger partial charge is 0.172 e. The third-order valence-electron chi connectivity index (χ3n) is 3.08. The minimum absolute atomic E-state index is 0.0531. The van der Waals surface area contributed by atoms with Gasteiger partial charge in [-0.05, 0) is 32.4 Å². The molecule has 0 atom stereocenters. The second kappa shape index (κ2) is 7.59. The van der Waals surface area contributed by atoms with Crippen LogP contribution in [0.15, 0.2) is 23.4 Å². The predicted molar refractivity (Wildman–Crippen MR) is 79.7 cm³/mol. The van der Waals surface area contributed by atoms with Crippen LogP contribution < -0.4 is 15.4 Å². The fourth-order valence-electron chi connectivity index (χ4n) is 2.04. The maximum atomic E-state index is 9.03. The summed E-state index contributed by atoms with van der Waals surface area (Å²) in [6.07, 6.45) is 0.644. The Bertz CT molecular complexity index is 461. The van der Waals surface area contributed by atoms with Crippen LogP contribution in [0.5, 0.6) is 5.75 Å². The fraction of sp³-hybridized carbons (Fsp3) is 0.500. The zero-order valence-electron chi connectivity index (χ0n) is 12.2. The van der Waals surface area contributed by atoms with Gasteiger partial charge < -0.3 is 25.7 Å². The van der Waals surface area contributed by atoms with Crippen molar-refractivity contribution in [2.75, 3.05) is 25.2 Å². The van der Waals surface area contributed by atoms with Gasteiger partial charge in [-0.2, -0.15) is 0 Å². The molecule has 1 aromatic carbocycles. The number of amidine groups is 1. The first-order valence-electron chi connectivity index (χ1n) is 6.58. The molecule has 4 N–H and O–H groups in total. The summed E-state index contributed by atoms with van der Waals surface area (Å²) in [4.78, 5) is 2.09. The third kappa shape index (κ3) is 3.77. The van der Waals surface area contributed by atoms with Crippen LogP contribution in [0.3, 0.4) is 0 Å². The predicted octanol–water partition coefficient (Wildman–Crippen LogP) is 1.39. The lowest BCUT2D eigenvalue weighted by Crippen LogP contribution is -2.34. The van der Waals surface area contributed by atoms with Gasteiger partial charge >= 0.3 is 0 Å². The van der Waals surface area contributed by atoms with Crippen LogP contribution in [0.25, 0.3) is 0 Å². The molecule has 0 fully saturated rings. The Hall–Kier alpha value is -1.95. The largest absolute Gasteiger partial charge is 0.497 e. The SMILES string of the molecule is COc1ccc(/C(N)=N/O)c(N(CCCO)C(C)C)c1. The van der Waals surface area contributed by atoms with E-state index in [4.69, 9.17) is 20.8 Å². The molecule has 0 saturated heterocycles. The summed E-state index contributed by atoms with van der Waals surface area (Å²) >= 11 is 0. The molecule has 0 aliphatic carbocycles. The Morgan fingerprint density at radius 2 is 2.15 bits per heavy atom. The maximum Gasteiger partial charge on any atom is 0.172 e. The molecule has 0 spiro atoms. The quantitative estimate of drug-likeness (QED) is 0.304. The van der Waals surface area contributed by atoms with Crippen LogP contribution in [-0.4, -0.2) is 42.5 Å². The van der Waals surface area contributed by atoms with Gasteiger partial charge in [0.2, 0.25) is 0 Å². The number of anilines is 1. The highest BCUT2D eigenvalue weighted by Gasteiger charge is 2.17. The minimum atomic E-state index is 0.0531. The molecule has 0 unspecified atom stereocenters. The zero-order valence-corrected chi connectivity index (χ0v) is 12.2. The first-order valence-corrected chi connectivity index (χ1v) is 6.58. The third-order valence-corrected chi connectivity index (χ3v) is 3.08. The molecule has 0 amide bonds. The topological polar surface area (TPSA) is 91.3 Å². The van der Waals surface area contributed by atoms with Crippen LogP contribution >= 0.6 is 0 Å². The molecule has 1 rings (SSSR count). The molecule has 1 aromatic rings. The van der Waals surface area contributed by atoms with E-state index in [1.807, 2.05) is 19.9 Å². The summed E-state index contributed by atoms with van der Waals surface area (Å²) in [6, 6.07) is 5.59. The van der Waals surface area contributed by atoms with E-state index >= 15 is 0 Å². The summed E-state index contributed by atoms with van der Waals surface area (Å²) in [5.41, 5.74) is 7.20. The van der Waals surface area contributed by atoms with Gasteiger partial charge in [0, 0.05) is 30.8 Å².